The first-order chi connectivity index (χ1) is 17.9. The van der Waals surface area contributed by atoms with Gasteiger partial charge in [-0.2, -0.15) is 0 Å². The summed E-state index contributed by atoms with van der Waals surface area (Å²) in [6.45, 7) is 1.97. The number of thiazole rings is 1. The Bertz CT molecular complexity index is 1380. The predicted octanol–water partition coefficient (Wildman–Crippen LogP) is 7.28. The van der Waals surface area contributed by atoms with Crippen molar-refractivity contribution in [1.29, 1.82) is 0 Å². The number of aromatic nitrogens is 1. The largest absolute Gasteiger partial charge is 0.495 e. The molecule has 1 atom stereocenters. The zero-order chi connectivity index (χ0) is 26.2. The highest BCUT2D eigenvalue weighted by molar-refractivity contribution is 8.00. The first-order valence-electron chi connectivity index (χ1n) is 11.4. The molecule has 0 spiro atoms. The molecule has 0 fully saturated rings. The highest BCUT2D eigenvalue weighted by Crippen LogP contribution is 2.30. The third-order valence-electron chi connectivity index (χ3n) is 5.26. The molecule has 1 heterocycles. The number of nitrogens with one attached hydrogen (secondary N) is 3. The molecule has 0 radical (unpaired) electrons. The van der Waals surface area contributed by atoms with Crippen LogP contribution in [0.3, 0.4) is 0 Å². The summed E-state index contributed by atoms with van der Waals surface area (Å²) in [5.41, 5.74) is 3.05. The average molecular weight is 553 g/mol. The van der Waals surface area contributed by atoms with Gasteiger partial charge in [-0.05, 0) is 73.2 Å². The lowest BCUT2D eigenvalue weighted by atomic mass is 10.2. The number of ether oxygens (including phenoxy) is 1. The van der Waals surface area contributed by atoms with Crippen molar-refractivity contribution >= 4 is 62.8 Å². The van der Waals surface area contributed by atoms with Crippen LogP contribution in [0.15, 0.2) is 83.1 Å². The van der Waals surface area contributed by atoms with Crippen molar-refractivity contribution in [3.8, 4) is 17.0 Å². The van der Waals surface area contributed by atoms with E-state index in [1.165, 1.54) is 35.2 Å². The summed E-state index contributed by atoms with van der Waals surface area (Å²) in [5, 5.41) is 11.7. The Hall–Kier alpha value is -3.47. The molecule has 6 nitrogen and oxygen atoms in total. The SMILES string of the molecule is CCC(Sc1cccc(NC(=S)Nc2ccccc2OC)c1)C(=O)Nc1nc(-c2ccc(F)cc2)cs1. The van der Waals surface area contributed by atoms with E-state index in [1.54, 1.807) is 19.2 Å². The highest BCUT2D eigenvalue weighted by atomic mass is 32.2. The van der Waals surface area contributed by atoms with E-state index >= 15 is 0 Å². The maximum Gasteiger partial charge on any atom is 0.239 e. The number of rotatable bonds is 9. The summed E-state index contributed by atoms with van der Waals surface area (Å²) in [4.78, 5) is 18.4. The van der Waals surface area contributed by atoms with Gasteiger partial charge in [0.25, 0.3) is 0 Å². The fraction of sp³-hybridized carbons (Fsp3) is 0.148. The van der Waals surface area contributed by atoms with Crippen molar-refractivity contribution in [3.05, 3.63) is 84.0 Å². The Morgan fingerprint density at radius 1 is 1.08 bits per heavy atom. The molecule has 0 saturated carbocycles. The molecule has 0 saturated heterocycles. The van der Waals surface area contributed by atoms with Crippen LogP contribution in [0.25, 0.3) is 11.3 Å². The third kappa shape index (κ3) is 7.28. The Kier molecular flexibility index (Phi) is 9.10. The maximum atomic E-state index is 13.2. The van der Waals surface area contributed by atoms with E-state index in [2.05, 4.69) is 20.9 Å². The van der Waals surface area contributed by atoms with E-state index in [-0.39, 0.29) is 17.0 Å². The van der Waals surface area contributed by atoms with E-state index in [0.717, 1.165) is 21.8 Å². The number of halogens is 1. The summed E-state index contributed by atoms with van der Waals surface area (Å²) in [6.07, 6.45) is 0.637. The highest BCUT2D eigenvalue weighted by Gasteiger charge is 2.20. The van der Waals surface area contributed by atoms with E-state index in [1.807, 2.05) is 60.8 Å². The molecule has 1 aromatic heterocycles. The second kappa shape index (κ2) is 12.7. The molecular formula is C27H25FN4O2S3. The Morgan fingerprint density at radius 3 is 2.62 bits per heavy atom. The molecule has 190 valence electrons. The molecule has 3 N–H and O–H groups in total. The first-order valence-corrected chi connectivity index (χ1v) is 13.6. The molecule has 37 heavy (non-hydrogen) atoms. The molecule has 0 aliphatic rings. The fourth-order valence-electron chi connectivity index (χ4n) is 3.44. The van der Waals surface area contributed by atoms with Gasteiger partial charge in [0.15, 0.2) is 10.2 Å². The number of para-hydroxylation sites is 2. The Balaban J connectivity index is 1.36. The predicted molar refractivity (Wildman–Crippen MR) is 155 cm³/mol. The number of carbonyl (C=O) groups excluding carboxylic acids is 1. The summed E-state index contributed by atoms with van der Waals surface area (Å²) in [5.74, 6) is 0.265. The first kappa shape index (κ1) is 26.6. The number of benzene rings is 3. The molecule has 1 amide bonds. The van der Waals surface area contributed by atoms with Gasteiger partial charge in [0.05, 0.1) is 23.7 Å². The lowest BCUT2D eigenvalue weighted by Gasteiger charge is -2.16. The minimum atomic E-state index is -0.313. The average Bonchev–Trinajstić information content (AvgIpc) is 3.36. The lowest BCUT2D eigenvalue weighted by molar-refractivity contribution is -0.115. The van der Waals surface area contributed by atoms with Crippen molar-refractivity contribution < 1.29 is 13.9 Å². The second-order valence-electron chi connectivity index (χ2n) is 7.86. The molecular weight excluding hydrogens is 528 g/mol. The zero-order valence-electron chi connectivity index (χ0n) is 20.2. The second-order valence-corrected chi connectivity index (χ2v) is 10.4. The third-order valence-corrected chi connectivity index (χ3v) is 7.58. The number of carbonyl (C=O) groups is 1. The van der Waals surface area contributed by atoms with Crippen LogP contribution in [0, 0.1) is 5.82 Å². The van der Waals surface area contributed by atoms with Crippen molar-refractivity contribution in [1.82, 2.24) is 4.98 Å². The Labute approximate surface area is 228 Å². The van der Waals surface area contributed by atoms with Gasteiger partial charge >= 0.3 is 0 Å². The summed E-state index contributed by atoms with van der Waals surface area (Å²) < 4.78 is 18.6. The van der Waals surface area contributed by atoms with E-state index in [4.69, 9.17) is 17.0 Å². The van der Waals surface area contributed by atoms with Gasteiger partial charge in [-0.1, -0.05) is 25.1 Å². The lowest BCUT2D eigenvalue weighted by Crippen LogP contribution is -2.24. The van der Waals surface area contributed by atoms with Gasteiger partial charge in [-0.3, -0.25) is 4.79 Å². The van der Waals surface area contributed by atoms with Crippen LogP contribution < -0.4 is 20.7 Å². The molecule has 0 bridgehead atoms. The summed E-state index contributed by atoms with van der Waals surface area (Å²) in [7, 11) is 1.61. The number of anilines is 3. The maximum absolute atomic E-state index is 13.2. The number of thiocarbonyl (C=S) groups is 1. The number of methoxy groups -OCH3 is 1. The van der Waals surface area contributed by atoms with Crippen molar-refractivity contribution in [2.45, 2.75) is 23.5 Å². The van der Waals surface area contributed by atoms with Gasteiger partial charge < -0.3 is 20.7 Å². The quantitative estimate of drug-likeness (QED) is 0.149. The van der Waals surface area contributed by atoms with Crippen LogP contribution in [0.1, 0.15) is 13.3 Å². The van der Waals surface area contributed by atoms with E-state index < -0.39 is 0 Å². The standard InChI is InChI=1S/C27H25FN4O2S3/c1-3-24(25(33)32-27-31-22(16-36-27)17-11-13-18(28)14-12-17)37-20-8-6-7-19(15-20)29-26(35)30-21-9-4-5-10-23(21)34-2/h4-16,24H,3H2,1-2H3,(H2,29,30,35)(H,31,32,33). The van der Waals surface area contributed by atoms with Crippen LogP contribution in [0.4, 0.5) is 20.9 Å². The smallest absolute Gasteiger partial charge is 0.239 e. The number of hydrogen-bond acceptors (Lipinski definition) is 6. The molecule has 4 rings (SSSR count). The molecule has 0 aliphatic heterocycles. The number of amides is 1. The van der Waals surface area contributed by atoms with Gasteiger partial charge in [0, 0.05) is 21.5 Å². The fourth-order valence-corrected chi connectivity index (χ4v) is 5.40. The number of thioether (sulfide) groups is 1. The van der Waals surface area contributed by atoms with Crippen LogP contribution in [-0.2, 0) is 4.79 Å². The minimum Gasteiger partial charge on any atom is -0.495 e. The molecule has 1 unspecified atom stereocenters. The van der Waals surface area contributed by atoms with Crippen molar-refractivity contribution in [2.75, 3.05) is 23.1 Å². The van der Waals surface area contributed by atoms with Crippen LogP contribution in [-0.4, -0.2) is 28.4 Å². The van der Waals surface area contributed by atoms with Crippen LogP contribution in [0.2, 0.25) is 0 Å². The van der Waals surface area contributed by atoms with Crippen molar-refractivity contribution in [2.24, 2.45) is 0 Å². The van der Waals surface area contributed by atoms with Crippen molar-refractivity contribution in [3.63, 3.8) is 0 Å². The molecule has 3 aromatic carbocycles. The Morgan fingerprint density at radius 2 is 1.86 bits per heavy atom. The van der Waals surface area contributed by atoms with Gasteiger partial charge in [-0.15, -0.1) is 23.1 Å². The molecule has 10 heteroatoms. The van der Waals surface area contributed by atoms with Crippen LogP contribution in [0.5, 0.6) is 5.75 Å². The zero-order valence-corrected chi connectivity index (χ0v) is 22.6. The summed E-state index contributed by atoms with van der Waals surface area (Å²) in [6, 6.07) is 21.4. The molecule has 0 aliphatic carbocycles. The topological polar surface area (TPSA) is 75.3 Å². The van der Waals surface area contributed by atoms with Gasteiger partial charge in [0.2, 0.25) is 5.91 Å². The number of hydrogen-bond donors (Lipinski definition) is 3. The minimum absolute atomic E-state index is 0.126. The van der Waals surface area contributed by atoms with Crippen LogP contribution >= 0.6 is 35.3 Å². The van der Waals surface area contributed by atoms with Gasteiger partial charge in [-0.25, -0.2) is 9.37 Å². The van der Waals surface area contributed by atoms with E-state index in [0.29, 0.717) is 28.1 Å². The van der Waals surface area contributed by atoms with E-state index in [9.17, 15) is 9.18 Å². The molecule has 4 aromatic rings. The normalized spacial score (nSPS) is 11.4. The summed E-state index contributed by atoms with van der Waals surface area (Å²) >= 11 is 8.27. The monoisotopic (exact) mass is 552 g/mol. The van der Waals surface area contributed by atoms with Gasteiger partial charge in [0.1, 0.15) is 11.6 Å². The number of nitrogens with zero attached hydrogens (tertiary/aromatic N) is 1.